The van der Waals surface area contributed by atoms with Crippen molar-refractivity contribution in [2.75, 3.05) is 13.2 Å². The van der Waals surface area contributed by atoms with Crippen LogP contribution in [-0.2, 0) is 14.3 Å². The summed E-state index contributed by atoms with van der Waals surface area (Å²) in [5, 5.41) is 23.2. The average molecular weight is 987 g/mol. The Morgan fingerprint density at radius 2 is 0.714 bits per heavy atom. The maximum Gasteiger partial charge on any atom is 0.305 e. The lowest BCUT2D eigenvalue weighted by Gasteiger charge is -2.22. The number of nitrogens with one attached hydrogen (secondary N) is 1. The lowest BCUT2D eigenvalue weighted by molar-refractivity contribution is -0.143. The molecule has 0 aromatic rings. The number of allylic oxidation sites excluding steroid dienone is 4. The van der Waals surface area contributed by atoms with Gasteiger partial charge in [-0.2, -0.15) is 0 Å². The van der Waals surface area contributed by atoms with E-state index in [2.05, 4.69) is 43.5 Å². The molecule has 0 spiro atoms. The Morgan fingerprint density at radius 3 is 1.11 bits per heavy atom. The van der Waals surface area contributed by atoms with Gasteiger partial charge >= 0.3 is 5.97 Å². The van der Waals surface area contributed by atoms with Crippen LogP contribution >= 0.6 is 0 Å². The molecular formula is C64H123NO5. The summed E-state index contributed by atoms with van der Waals surface area (Å²) in [4.78, 5) is 24.5. The van der Waals surface area contributed by atoms with Gasteiger partial charge < -0.3 is 20.3 Å². The number of esters is 1. The zero-order valence-electron chi connectivity index (χ0n) is 47.3. The molecular weight excluding hydrogens is 863 g/mol. The molecule has 6 nitrogen and oxygen atoms in total. The van der Waals surface area contributed by atoms with Gasteiger partial charge in [0.25, 0.3) is 0 Å². The van der Waals surface area contributed by atoms with Crippen molar-refractivity contribution in [3.8, 4) is 0 Å². The third-order valence-electron chi connectivity index (χ3n) is 14.8. The monoisotopic (exact) mass is 986 g/mol. The van der Waals surface area contributed by atoms with E-state index in [1.54, 1.807) is 0 Å². The molecule has 0 bridgehead atoms. The molecule has 0 heterocycles. The normalized spacial score (nSPS) is 12.7. The summed E-state index contributed by atoms with van der Waals surface area (Å²) in [6, 6.07) is -0.538. The van der Waals surface area contributed by atoms with Crippen LogP contribution in [0.1, 0.15) is 348 Å². The number of hydrogen-bond acceptors (Lipinski definition) is 5. The predicted octanol–water partition coefficient (Wildman–Crippen LogP) is 19.8. The van der Waals surface area contributed by atoms with Gasteiger partial charge in [-0.15, -0.1) is 0 Å². The molecule has 3 N–H and O–H groups in total. The average Bonchev–Trinajstić information content (AvgIpc) is 3.36. The molecule has 0 fully saturated rings. The van der Waals surface area contributed by atoms with E-state index in [1.807, 2.05) is 0 Å². The molecule has 0 radical (unpaired) electrons. The van der Waals surface area contributed by atoms with Crippen molar-refractivity contribution in [2.45, 2.75) is 360 Å². The quantitative estimate of drug-likeness (QED) is 0.0321. The second kappa shape index (κ2) is 59.9. The van der Waals surface area contributed by atoms with E-state index in [0.717, 1.165) is 51.4 Å². The molecule has 0 rings (SSSR count). The first-order valence-corrected chi connectivity index (χ1v) is 31.6. The van der Waals surface area contributed by atoms with Crippen molar-refractivity contribution in [2.24, 2.45) is 0 Å². The Labute approximate surface area is 437 Å². The maximum atomic E-state index is 12.4. The molecule has 0 aliphatic rings. The molecule has 1 amide bonds. The largest absolute Gasteiger partial charge is 0.466 e. The fraction of sp³-hybridized carbons (Fsp3) is 0.906. The van der Waals surface area contributed by atoms with Crippen molar-refractivity contribution in [1.82, 2.24) is 5.32 Å². The number of hydrogen-bond donors (Lipinski definition) is 3. The van der Waals surface area contributed by atoms with Crippen molar-refractivity contribution >= 4 is 11.9 Å². The van der Waals surface area contributed by atoms with Gasteiger partial charge in [-0.1, -0.05) is 301 Å². The molecule has 0 aliphatic carbocycles. The highest BCUT2D eigenvalue weighted by Gasteiger charge is 2.20. The smallest absolute Gasteiger partial charge is 0.305 e. The Bertz CT molecular complexity index is 1090. The molecule has 414 valence electrons. The predicted molar refractivity (Wildman–Crippen MR) is 306 cm³/mol. The third-order valence-corrected chi connectivity index (χ3v) is 14.8. The van der Waals surface area contributed by atoms with Crippen LogP contribution in [0.2, 0.25) is 0 Å². The number of carbonyl (C=O) groups is 2. The summed E-state index contributed by atoms with van der Waals surface area (Å²) in [5.41, 5.74) is 0. The van der Waals surface area contributed by atoms with Gasteiger partial charge in [0, 0.05) is 12.8 Å². The van der Waals surface area contributed by atoms with Crippen LogP contribution in [-0.4, -0.2) is 47.4 Å². The van der Waals surface area contributed by atoms with Gasteiger partial charge in [-0.25, -0.2) is 0 Å². The highest BCUT2D eigenvalue weighted by Crippen LogP contribution is 2.18. The van der Waals surface area contributed by atoms with E-state index < -0.39 is 12.1 Å². The van der Waals surface area contributed by atoms with Crippen LogP contribution in [0.5, 0.6) is 0 Å². The topological polar surface area (TPSA) is 95.9 Å². The van der Waals surface area contributed by atoms with Crippen molar-refractivity contribution in [1.29, 1.82) is 0 Å². The van der Waals surface area contributed by atoms with E-state index in [9.17, 15) is 19.8 Å². The summed E-state index contributed by atoms with van der Waals surface area (Å²) in [6.07, 6.45) is 73.4. The fourth-order valence-corrected chi connectivity index (χ4v) is 9.91. The van der Waals surface area contributed by atoms with Crippen molar-refractivity contribution in [3.63, 3.8) is 0 Å². The van der Waals surface area contributed by atoms with E-state index in [4.69, 9.17) is 4.74 Å². The van der Waals surface area contributed by atoms with Crippen LogP contribution in [0.4, 0.5) is 0 Å². The number of unbranched alkanes of at least 4 members (excludes halogenated alkanes) is 44. The van der Waals surface area contributed by atoms with E-state index in [-0.39, 0.29) is 18.5 Å². The molecule has 2 atom stereocenters. The number of aliphatic hydroxyl groups is 2. The Morgan fingerprint density at radius 1 is 0.400 bits per heavy atom. The van der Waals surface area contributed by atoms with Gasteiger partial charge in [0.05, 0.1) is 25.4 Å². The first-order chi connectivity index (χ1) is 34.5. The molecule has 0 aromatic carbocycles. The lowest BCUT2D eigenvalue weighted by Crippen LogP contribution is -2.45. The molecule has 2 unspecified atom stereocenters. The molecule has 6 heteroatoms. The highest BCUT2D eigenvalue weighted by atomic mass is 16.5. The van der Waals surface area contributed by atoms with Crippen LogP contribution in [0.15, 0.2) is 24.3 Å². The van der Waals surface area contributed by atoms with Crippen LogP contribution in [0.3, 0.4) is 0 Å². The molecule has 0 saturated heterocycles. The summed E-state index contributed by atoms with van der Waals surface area (Å²) in [5.74, 6) is -0.0223. The second-order valence-electron chi connectivity index (χ2n) is 21.7. The highest BCUT2D eigenvalue weighted by molar-refractivity contribution is 5.76. The SMILES string of the molecule is CCCCC/C=C\C/C=C\CCCCCCCCCCCC(=O)OCCCCCCCCCCCCCCCCCCCCCCCCCCC(=O)NC(CO)C(O)CCCCCCCCCCCC. The first-order valence-electron chi connectivity index (χ1n) is 31.6. The van der Waals surface area contributed by atoms with Gasteiger partial charge in [-0.3, -0.25) is 9.59 Å². The zero-order chi connectivity index (χ0) is 50.7. The van der Waals surface area contributed by atoms with Gasteiger partial charge in [-0.05, 0) is 57.8 Å². The standard InChI is InChI=1S/C64H123NO5/c1-3-5-7-9-11-13-15-16-17-18-25-29-32-35-38-42-46-50-54-58-64(69)70-59-55-51-47-43-39-36-33-30-27-24-22-20-19-21-23-26-28-31-34-37-41-45-49-53-57-63(68)65-61(60-66)62(67)56-52-48-44-40-14-12-10-8-6-4-2/h11,13,16-17,61-62,66-67H,3-10,12,14-15,18-60H2,1-2H3,(H,65,68)/b13-11-,17-16-. The summed E-state index contributed by atoms with van der Waals surface area (Å²) < 4.78 is 5.50. The van der Waals surface area contributed by atoms with E-state index in [1.165, 1.54) is 263 Å². The number of amides is 1. The van der Waals surface area contributed by atoms with Crippen LogP contribution < -0.4 is 5.32 Å². The molecule has 0 aliphatic heterocycles. The number of rotatable bonds is 59. The minimum atomic E-state index is -0.661. The molecule has 0 aromatic heterocycles. The van der Waals surface area contributed by atoms with Crippen molar-refractivity contribution in [3.05, 3.63) is 24.3 Å². The number of carbonyl (C=O) groups excluding carboxylic acids is 2. The van der Waals surface area contributed by atoms with E-state index in [0.29, 0.717) is 25.9 Å². The number of ether oxygens (including phenoxy) is 1. The first kappa shape index (κ1) is 68.3. The second-order valence-corrected chi connectivity index (χ2v) is 21.7. The zero-order valence-corrected chi connectivity index (χ0v) is 47.3. The lowest BCUT2D eigenvalue weighted by atomic mass is 10.0. The van der Waals surface area contributed by atoms with Gasteiger partial charge in [0.1, 0.15) is 0 Å². The summed E-state index contributed by atoms with van der Waals surface area (Å²) in [7, 11) is 0. The summed E-state index contributed by atoms with van der Waals surface area (Å²) in [6.45, 7) is 4.93. The Balaban J connectivity index is 3.33. The summed E-state index contributed by atoms with van der Waals surface area (Å²) >= 11 is 0. The molecule has 70 heavy (non-hydrogen) atoms. The minimum Gasteiger partial charge on any atom is -0.466 e. The molecule has 0 saturated carbocycles. The Hall–Kier alpha value is -1.66. The van der Waals surface area contributed by atoms with Crippen molar-refractivity contribution < 1.29 is 24.5 Å². The number of aliphatic hydroxyl groups excluding tert-OH is 2. The third kappa shape index (κ3) is 55.7. The minimum absolute atomic E-state index is 0.0120. The van der Waals surface area contributed by atoms with E-state index >= 15 is 0 Å². The Kier molecular flexibility index (Phi) is 58.5. The van der Waals surface area contributed by atoms with Gasteiger partial charge in [0.2, 0.25) is 5.91 Å². The maximum absolute atomic E-state index is 12.4. The fourth-order valence-electron chi connectivity index (χ4n) is 9.91. The van der Waals surface area contributed by atoms with Crippen LogP contribution in [0, 0.1) is 0 Å². The van der Waals surface area contributed by atoms with Crippen LogP contribution in [0.25, 0.3) is 0 Å². The van der Waals surface area contributed by atoms with Gasteiger partial charge in [0.15, 0.2) is 0 Å².